The number of aliphatic hydroxyl groups is 1. The lowest BCUT2D eigenvalue weighted by atomic mass is 10.1. The molecule has 0 aromatic carbocycles. The first-order valence-electron chi connectivity index (χ1n) is 18.9. The zero-order valence-electron chi connectivity index (χ0n) is 31.0. The van der Waals surface area contributed by atoms with E-state index in [4.69, 9.17) is 9.05 Å². The maximum absolute atomic E-state index is 12.8. The number of phosphoric acid groups is 1. The highest BCUT2D eigenvalue weighted by Crippen LogP contribution is 2.43. The van der Waals surface area contributed by atoms with E-state index in [1.807, 2.05) is 27.2 Å². The molecule has 0 aliphatic heterocycles. The van der Waals surface area contributed by atoms with Crippen LogP contribution < -0.4 is 5.32 Å². The molecule has 0 saturated heterocycles. The van der Waals surface area contributed by atoms with Crippen molar-refractivity contribution in [2.75, 3.05) is 40.9 Å². The van der Waals surface area contributed by atoms with E-state index in [1.54, 1.807) is 6.08 Å². The molecular formula is C38H74N2O6P+. The van der Waals surface area contributed by atoms with E-state index in [0.29, 0.717) is 17.4 Å². The summed E-state index contributed by atoms with van der Waals surface area (Å²) in [5.41, 5.74) is 0. The molecular weight excluding hydrogens is 611 g/mol. The Hall–Kier alpha value is -1.28. The van der Waals surface area contributed by atoms with E-state index in [1.165, 1.54) is 77.0 Å². The fourth-order valence-electron chi connectivity index (χ4n) is 4.99. The second kappa shape index (κ2) is 30.8. The Morgan fingerprint density at radius 1 is 0.702 bits per heavy atom. The molecule has 0 aromatic rings. The summed E-state index contributed by atoms with van der Waals surface area (Å²) in [6.07, 6.45) is 35.0. The van der Waals surface area contributed by atoms with Gasteiger partial charge in [-0.2, -0.15) is 0 Å². The van der Waals surface area contributed by atoms with Crippen molar-refractivity contribution in [1.82, 2.24) is 5.32 Å². The lowest BCUT2D eigenvalue weighted by molar-refractivity contribution is -0.870. The Labute approximate surface area is 289 Å². The van der Waals surface area contributed by atoms with E-state index in [2.05, 4.69) is 43.5 Å². The largest absolute Gasteiger partial charge is 0.472 e. The minimum absolute atomic E-state index is 0.0529. The van der Waals surface area contributed by atoms with Crippen LogP contribution in [0, 0.1) is 0 Å². The zero-order chi connectivity index (χ0) is 35.1. The molecule has 0 aliphatic carbocycles. The quantitative estimate of drug-likeness (QED) is 0.0275. The normalized spacial score (nSPS) is 15.1. The Morgan fingerprint density at radius 3 is 1.70 bits per heavy atom. The molecule has 276 valence electrons. The number of nitrogens with one attached hydrogen (secondary N) is 1. The third kappa shape index (κ3) is 33.0. The van der Waals surface area contributed by atoms with Gasteiger partial charge in [-0.25, -0.2) is 4.57 Å². The standard InChI is InChI=1S/C38H73N2O6P/c1-6-8-10-12-14-16-18-20-22-24-26-28-30-32-38(42)39-36(35-46-47(43,44)45-34-33-40(3,4)5)37(41)31-29-27-25-23-21-19-17-15-13-11-9-7-2/h20-23,29,31,36-37,41H,6-19,24-28,30,32-35H2,1-5H3,(H-,39,42,43,44)/p+1/b22-20-,23-21+,31-29+. The predicted molar refractivity (Wildman–Crippen MR) is 198 cm³/mol. The van der Waals surface area contributed by atoms with Crippen LogP contribution in [0.3, 0.4) is 0 Å². The number of carbonyl (C=O) groups is 1. The molecule has 3 unspecified atom stereocenters. The van der Waals surface area contributed by atoms with Crippen LogP contribution in [0.1, 0.15) is 149 Å². The Kier molecular flexibility index (Phi) is 29.9. The van der Waals surface area contributed by atoms with Crippen molar-refractivity contribution in [3.63, 3.8) is 0 Å². The molecule has 0 aromatic heterocycles. The molecule has 1 amide bonds. The lowest BCUT2D eigenvalue weighted by Crippen LogP contribution is -2.45. The van der Waals surface area contributed by atoms with Crippen LogP contribution >= 0.6 is 7.82 Å². The third-order valence-electron chi connectivity index (χ3n) is 8.08. The van der Waals surface area contributed by atoms with Gasteiger partial charge in [0.15, 0.2) is 0 Å². The molecule has 0 rings (SSSR count). The topological polar surface area (TPSA) is 105 Å². The Balaban J connectivity index is 4.64. The van der Waals surface area contributed by atoms with Crippen molar-refractivity contribution in [3.05, 3.63) is 36.5 Å². The number of hydrogen-bond donors (Lipinski definition) is 3. The Bertz CT molecular complexity index is 871. The number of phosphoric ester groups is 1. The summed E-state index contributed by atoms with van der Waals surface area (Å²) in [7, 11) is 1.54. The first-order chi connectivity index (χ1) is 22.5. The number of quaternary nitrogens is 1. The zero-order valence-corrected chi connectivity index (χ0v) is 31.9. The smallest absolute Gasteiger partial charge is 0.387 e. The van der Waals surface area contributed by atoms with Gasteiger partial charge in [0, 0.05) is 6.42 Å². The molecule has 47 heavy (non-hydrogen) atoms. The maximum atomic E-state index is 12.8. The number of carbonyl (C=O) groups excluding carboxylic acids is 1. The average molecular weight is 686 g/mol. The number of hydrogen-bond acceptors (Lipinski definition) is 5. The molecule has 0 radical (unpaired) electrons. The molecule has 0 saturated carbocycles. The predicted octanol–water partition coefficient (Wildman–Crippen LogP) is 9.57. The molecule has 0 spiro atoms. The van der Waals surface area contributed by atoms with E-state index in [-0.39, 0.29) is 19.1 Å². The number of unbranched alkanes of at least 4 members (excludes halogenated alkanes) is 16. The minimum Gasteiger partial charge on any atom is -0.387 e. The van der Waals surface area contributed by atoms with E-state index >= 15 is 0 Å². The van der Waals surface area contributed by atoms with Gasteiger partial charge in [0.2, 0.25) is 5.91 Å². The van der Waals surface area contributed by atoms with E-state index in [9.17, 15) is 19.4 Å². The van der Waals surface area contributed by atoms with Gasteiger partial charge in [-0.1, -0.05) is 121 Å². The number of aliphatic hydroxyl groups excluding tert-OH is 1. The van der Waals surface area contributed by atoms with Gasteiger partial charge in [-0.3, -0.25) is 13.8 Å². The minimum atomic E-state index is -4.34. The second-order valence-corrected chi connectivity index (χ2v) is 15.4. The highest BCUT2D eigenvalue weighted by Gasteiger charge is 2.27. The van der Waals surface area contributed by atoms with Gasteiger partial charge in [-0.05, 0) is 57.8 Å². The fraction of sp³-hybridized carbons (Fsp3) is 0.816. The molecule has 0 aliphatic rings. The summed E-state index contributed by atoms with van der Waals surface area (Å²) in [5.74, 6) is -0.207. The summed E-state index contributed by atoms with van der Waals surface area (Å²) >= 11 is 0. The van der Waals surface area contributed by atoms with E-state index in [0.717, 1.165) is 51.4 Å². The lowest BCUT2D eigenvalue weighted by Gasteiger charge is -2.25. The monoisotopic (exact) mass is 686 g/mol. The highest BCUT2D eigenvalue weighted by atomic mass is 31.2. The molecule has 9 heteroatoms. The highest BCUT2D eigenvalue weighted by molar-refractivity contribution is 7.47. The maximum Gasteiger partial charge on any atom is 0.472 e. The number of nitrogens with zero attached hydrogens (tertiary/aromatic N) is 1. The van der Waals surface area contributed by atoms with Crippen molar-refractivity contribution in [3.8, 4) is 0 Å². The fourth-order valence-corrected chi connectivity index (χ4v) is 5.73. The van der Waals surface area contributed by atoms with Crippen molar-refractivity contribution >= 4 is 13.7 Å². The van der Waals surface area contributed by atoms with E-state index < -0.39 is 20.0 Å². The molecule has 3 atom stereocenters. The summed E-state index contributed by atoms with van der Waals surface area (Å²) in [5, 5.41) is 13.7. The SMILES string of the molecule is CCCCCCCC/C=C\CCCCCC(=O)NC(COP(=O)(O)OCC[N+](C)(C)C)C(O)/C=C/CC/C=C/CCCCCCCC. The molecule has 3 N–H and O–H groups in total. The summed E-state index contributed by atoms with van der Waals surface area (Å²) in [6.45, 7) is 4.72. The van der Waals surface area contributed by atoms with Crippen LogP contribution in [-0.2, 0) is 18.4 Å². The number of amides is 1. The van der Waals surface area contributed by atoms with Crippen molar-refractivity contribution in [1.29, 1.82) is 0 Å². The van der Waals surface area contributed by atoms with Crippen molar-refractivity contribution < 1.29 is 32.9 Å². The molecule has 0 heterocycles. The van der Waals surface area contributed by atoms with Gasteiger partial charge in [0.25, 0.3) is 0 Å². The number of rotatable bonds is 33. The first kappa shape index (κ1) is 45.7. The van der Waals surface area contributed by atoms with Crippen LogP contribution in [0.15, 0.2) is 36.5 Å². The molecule has 0 fully saturated rings. The van der Waals surface area contributed by atoms with Gasteiger partial charge in [0.05, 0.1) is 39.9 Å². The summed E-state index contributed by atoms with van der Waals surface area (Å²) < 4.78 is 23.4. The third-order valence-corrected chi connectivity index (χ3v) is 9.07. The van der Waals surface area contributed by atoms with Crippen molar-refractivity contribution in [2.45, 2.75) is 161 Å². The number of allylic oxidation sites excluding steroid dienone is 5. The number of likely N-dealkylation sites (N-methyl/N-ethyl adjacent to an activating group) is 1. The van der Waals surface area contributed by atoms with Crippen LogP contribution in [0.2, 0.25) is 0 Å². The Morgan fingerprint density at radius 2 is 1.17 bits per heavy atom. The summed E-state index contributed by atoms with van der Waals surface area (Å²) in [4.78, 5) is 22.9. The second-order valence-electron chi connectivity index (χ2n) is 13.9. The van der Waals surface area contributed by atoms with Crippen molar-refractivity contribution in [2.24, 2.45) is 0 Å². The van der Waals surface area contributed by atoms with Gasteiger partial charge in [-0.15, -0.1) is 0 Å². The molecule has 0 bridgehead atoms. The van der Waals surface area contributed by atoms with Crippen LogP contribution in [0.5, 0.6) is 0 Å². The van der Waals surface area contributed by atoms with Gasteiger partial charge in [0.1, 0.15) is 13.2 Å². The first-order valence-corrected chi connectivity index (χ1v) is 20.4. The van der Waals surface area contributed by atoms with Gasteiger partial charge < -0.3 is 19.8 Å². The van der Waals surface area contributed by atoms with Crippen LogP contribution in [0.4, 0.5) is 0 Å². The van der Waals surface area contributed by atoms with Crippen LogP contribution in [0.25, 0.3) is 0 Å². The summed E-state index contributed by atoms with van der Waals surface area (Å²) in [6, 6.07) is -0.866. The average Bonchev–Trinajstić information content (AvgIpc) is 3.01. The van der Waals surface area contributed by atoms with Gasteiger partial charge >= 0.3 is 7.82 Å². The molecule has 8 nitrogen and oxygen atoms in total. The van der Waals surface area contributed by atoms with Crippen LogP contribution in [-0.4, -0.2) is 73.4 Å².